The van der Waals surface area contributed by atoms with Crippen LogP contribution in [0.15, 0.2) is 60.8 Å². The van der Waals surface area contributed by atoms with Crippen molar-refractivity contribution in [2.24, 2.45) is 11.5 Å². The van der Waals surface area contributed by atoms with Gasteiger partial charge in [-0.2, -0.15) is 0 Å². The van der Waals surface area contributed by atoms with Crippen molar-refractivity contribution in [3.63, 3.8) is 0 Å². The Morgan fingerprint density at radius 2 is 1.89 bits per heavy atom. The zero-order chi connectivity index (χ0) is 14.3. The van der Waals surface area contributed by atoms with Crippen LogP contribution < -0.4 is 11.5 Å². The third-order valence-corrected chi connectivity index (χ3v) is 3.05. The molecule has 0 aromatic heterocycles. The maximum Gasteiger partial charge on any atom is 0.0625 e. The Balaban J connectivity index is 2.31. The molecule has 0 saturated heterocycles. The van der Waals surface area contributed by atoms with Crippen LogP contribution in [-0.4, -0.2) is 6.04 Å². The number of hydrogen-bond donors (Lipinski definition) is 2. The van der Waals surface area contributed by atoms with E-state index < -0.39 is 0 Å². The number of nitrogens with two attached hydrogens (primary N) is 2. The standard InChI is InChI=1S/C17H24N2/c1-13(9-12-17(19)15(3)18)5-4-6-16-10-7-14(2)8-11-16/h7-12,17H,1,3-6,18-19H2,2H3/b12-9-. The summed E-state index contributed by atoms with van der Waals surface area (Å²) in [6.07, 6.45) is 6.91. The second-order valence-corrected chi connectivity index (χ2v) is 4.96. The van der Waals surface area contributed by atoms with Gasteiger partial charge < -0.3 is 11.5 Å². The molecule has 19 heavy (non-hydrogen) atoms. The highest BCUT2D eigenvalue weighted by Gasteiger charge is 1.98. The van der Waals surface area contributed by atoms with E-state index in [1.165, 1.54) is 11.1 Å². The number of aryl methyl sites for hydroxylation is 2. The molecule has 1 aromatic carbocycles. The zero-order valence-corrected chi connectivity index (χ0v) is 11.7. The third kappa shape index (κ3) is 6.07. The van der Waals surface area contributed by atoms with Crippen LogP contribution in [0.3, 0.4) is 0 Å². The lowest BCUT2D eigenvalue weighted by molar-refractivity contribution is 0.823. The van der Waals surface area contributed by atoms with E-state index in [-0.39, 0.29) is 6.04 Å². The first-order chi connectivity index (χ1) is 8.99. The lowest BCUT2D eigenvalue weighted by atomic mass is 10.0. The molecule has 0 spiro atoms. The van der Waals surface area contributed by atoms with Crippen LogP contribution in [0.2, 0.25) is 0 Å². The molecule has 0 radical (unpaired) electrons. The predicted molar refractivity (Wildman–Crippen MR) is 83.7 cm³/mol. The lowest BCUT2D eigenvalue weighted by Crippen LogP contribution is -2.24. The first-order valence-corrected chi connectivity index (χ1v) is 6.60. The van der Waals surface area contributed by atoms with E-state index in [4.69, 9.17) is 11.5 Å². The molecule has 0 amide bonds. The summed E-state index contributed by atoms with van der Waals surface area (Å²) in [6.45, 7) is 9.73. The number of benzene rings is 1. The van der Waals surface area contributed by atoms with E-state index in [9.17, 15) is 0 Å². The van der Waals surface area contributed by atoms with Crippen LogP contribution >= 0.6 is 0 Å². The summed E-state index contributed by atoms with van der Waals surface area (Å²) < 4.78 is 0. The van der Waals surface area contributed by atoms with Gasteiger partial charge in [0.05, 0.1) is 6.04 Å². The highest BCUT2D eigenvalue weighted by atomic mass is 14.7. The smallest absolute Gasteiger partial charge is 0.0625 e. The largest absolute Gasteiger partial charge is 0.401 e. The SMILES string of the molecule is C=C(/C=C\C(N)C(=C)N)CCCc1ccc(C)cc1. The molecule has 2 nitrogen and oxygen atoms in total. The van der Waals surface area contributed by atoms with Crippen molar-refractivity contribution in [1.82, 2.24) is 0 Å². The first kappa shape index (κ1) is 15.3. The van der Waals surface area contributed by atoms with Gasteiger partial charge in [0.15, 0.2) is 0 Å². The van der Waals surface area contributed by atoms with Gasteiger partial charge in [0.1, 0.15) is 0 Å². The molecule has 0 aliphatic rings. The Bertz CT molecular complexity index is 455. The molecule has 0 aliphatic heterocycles. The normalized spacial score (nSPS) is 12.5. The average Bonchev–Trinajstić information content (AvgIpc) is 2.38. The van der Waals surface area contributed by atoms with Gasteiger partial charge in [-0.15, -0.1) is 0 Å². The number of rotatable bonds is 7. The molecule has 2 heteroatoms. The fourth-order valence-electron chi connectivity index (χ4n) is 1.72. The molecule has 1 rings (SSSR count). The van der Waals surface area contributed by atoms with Crippen molar-refractivity contribution in [1.29, 1.82) is 0 Å². The summed E-state index contributed by atoms with van der Waals surface area (Å²) in [5.74, 6) is 0. The zero-order valence-electron chi connectivity index (χ0n) is 11.7. The maximum atomic E-state index is 5.75. The molecular weight excluding hydrogens is 232 g/mol. The van der Waals surface area contributed by atoms with Crippen molar-refractivity contribution in [3.05, 3.63) is 72.0 Å². The summed E-state index contributed by atoms with van der Waals surface area (Å²) >= 11 is 0. The molecule has 102 valence electrons. The molecule has 0 fully saturated rings. The molecule has 1 unspecified atom stereocenters. The summed E-state index contributed by atoms with van der Waals surface area (Å²) in [5, 5.41) is 0. The van der Waals surface area contributed by atoms with Crippen molar-refractivity contribution in [2.75, 3.05) is 0 Å². The van der Waals surface area contributed by atoms with E-state index in [1.54, 1.807) is 0 Å². The Labute approximate surface area is 116 Å². The second-order valence-electron chi connectivity index (χ2n) is 4.96. The van der Waals surface area contributed by atoms with Gasteiger partial charge in [-0.25, -0.2) is 0 Å². The molecular formula is C17H24N2. The van der Waals surface area contributed by atoms with Crippen LogP contribution in [0.1, 0.15) is 24.0 Å². The molecule has 0 heterocycles. The molecule has 0 bridgehead atoms. The predicted octanol–water partition coefficient (Wildman–Crippen LogP) is 3.23. The van der Waals surface area contributed by atoms with Crippen LogP contribution in [0.4, 0.5) is 0 Å². The topological polar surface area (TPSA) is 52.0 Å². The Kier molecular flexibility index (Phi) is 6.10. The molecule has 0 aliphatic carbocycles. The van der Waals surface area contributed by atoms with Crippen LogP contribution in [0.25, 0.3) is 0 Å². The Morgan fingerprint density at radius 3 is 2.47 bits per heavy atom. The van der Waals surface area contributed by atoms with Crippen molar-refractivity contribution < 1.29 is 0 Å². The summed E-state index contributed by atoms with van der Waals surface area (Å²) in [7, 11) is 0. The van der Waals surface area contributed by atoms with Gasteiger partial charge in [0.25, 0.3) is 0 Å². The van der Waals surface area contributed by atoms with Gasteiger partial charge in [-0.1, -0.05) is 60.7 Å². The van der Waals surface area contributed by atoms with Gasteiger partial charge >= 0.3 is 0 Å². The minimum atomic E-state index is -0.283. The summed E-state index contributed by atoms with van der Waals surface area (Å²) in [6, 6.07) is 8.38. The van der Waals surface area contributed by atoms with E-state index in [0.29, 0.717) is 5.70 Å². The van der Waals surface area contributed by atoms with Gasteiger partial charge in [0, 0.05) is 5.70 Å². The monoisotopic (exact) mass is 256 g/mol. The maximum absolute atomic E-state index is 5.75. The second kappa shape index (κ2) is 7.59. The fourth-order valence-corrected chi connectivity index (χ4v) is 1.72. The van der Waals surface area contributed by atoms with Crippen molar-refractivity contribution in [2.45, 2.75) is 32.2 Å². The van der Waals surface area contributed by atoms with E-state index in [1.807, 2.05) is 12.2 Å². The van der Waals surface area contributed by atoms with Gasteiger partial charge in [0.2, 0.25) is 0 Å². The fraction of sp³-hybridized carbons (Fsp3) is 0.294. The van der Waals surface area contributed by atoms with Crippen molar-refractivity contribution >= 4 is 0 Å². The summed E-state index contributed by atoms with van der Waals surface area (Å²) in [4.78, 5) is 0. The minimum Gasteiger partial charge on any atom is -0.401 e. The number of hydrogen-bond acceptors (Lipinski definition) is 2. The van der Waals surface area contributed by atoms with E-state index in [0.717, 1.165) is 24.8 Å². The molecule has 0 saturated carbocycles. The minimum absolute atomic E-state index is 0.283. The number of allylic oxidation sites excluding steroid dienone is 2. The van der Waals surface area contributed by atoms with E-state index in [2.05, 4.69) is 44.3 Å². The van der Waals surface area contributed by atoms with Gasteiger partial charge in [-0.3, -0.25) is 0 Å². The Morgan fingerprint density at radius 1 is 1.26 bits per heavy atom. The average molecular weight is 256 g/mol. The highest BCUT2D eigenvalue weighted by molar-refractivity contribution is 5.23. The Hall–Kier alpha value is -1.80. The summed E-state index contributed by atoms with van der Waals surface area (Å²) in [5.41, 5.74) is 15.5. The quantitative estimate of drug-likeness (QED) is 0.736. The molecule has 1 atom stereocenters. The lowest BCUT2D eigenvalue weighted by Gasteiger charge is -2.06. The molecule has 4 N–H and O–H groups in total. The van der Waals surface area contributed by atoms with Crippen LogP contribution in [0.5, 0.6) is 0 Å². The van der Waals surface area contributed by atoms with Crippen LogP contribution in [0, 0.1) is 6.92 Å². The third-order valence-electron chi connectivity index (χ3n) is 3.05. The van der Waals surface area contributed by atoms with Gasteiger partial charge in [-0.05, 0) is 31.7 Å². The highest BCUT2D eigenvalue weighted by Crippen LogP contribution is 2.11. The van der Waals surface area contributed by atoms with Crippen molar-refractivity contribution in [3.8, 4) is 0 Å². The van der Waals surface area contributed by atoms with Crippen LogP contribution in [-0.2, 0) is 6.42 Å². The molecule has 1 aromatic rings. The first-order valence-electron chi connectivity index (χ1n) is 6.60. The van der Waals surface area contributed by atoms with E-state index >= 15 is 0 Å².